The smallest absolute Gasteiger partial charge is 0.271 e. The normalized spacial score (nSPS) is 11.2. The summed E-state index contributed by atoms with van der Waals surface area (Å²) in [5, 5.41) is 10.7. The van der Waals surface area contributed by atoms with E-state index < -0.39 is 14.9 Å². The lowest BCUT2D eigenvalue weighted by atomic mass is 10.2. The number of aryl methyl sites for hydroxylation is 1. The molecule has 0 saturated heterocycles. The molecule has 2 rings (SSSR count). The van der Waals surface area contributed by atoms with Crippen LogP contribution in [0.15, 0.2) is 47.4 Å². The maximum absolute atomic E-state index is 12.6. The van der Waals surface area contributed by atoms with Crippen LogP contribution in [0.1, 0.15) is 5.56 Å². The van der Waals surface area contributed by atoms with E-state index in [-0.39, 0.29) is 22.0 Å². The molecule has 0 amide bonds. The van der Waals surface area contributed by atoms with Crippen LogP contribution in [0.3, 0.4) is 0 Å². The first kappa shape index (κ1) is 15.8. The quantitative estimate of drug-likeness (QED) is 0.528. The zero-order valence-electron chi connectivity index (χ0n) is 12.1. The molecular weight excluding hydrogens is 306 g/mol. The van der Waals surface area contributed by atoms with Crippen molar-refractivity contribution in [3.05, 3.63) is 58.1 Å². The Morgan fingerprint density at radius 1 is 1.14 bits per heavy atom. The molecule has 7 nitrogen and oxygen atoms in total. The molecule has 2 N–H and O–H groups in total. The highest BCUT2D eigenvalue weighted by molar-refractivity contribution is 7.92. The minimum absolute atomic E-state index is 0.0207. The Hall–Kier alpha value is -2.61. The van der Waals surface area contributed by atoms with Crippen molar-refractivity contribution >= 4 is 27.1 Å². The standard InChI is InChI=1S/C14H15N3O4S/c1-10-3-6-12(7-4-10)22(20,21)16(2)14-8-5-11(17(18)19)9-13(14)15/h3-9H,15H2,1-2H3. The first-order valence-electron chi connectivity index (χ1n) is 6.33. The van der Waals surface area contributed by atoms with Crippen molar-refractivity contribution in [1.29, 1.82) is 0 Å². The predicted molar refractivity (Wildman–Crippen MR) is 84.3 cm³/mol. The largest absolute Gasteiger partial charge is 0.397 e. The molecule has 0 unspecified atom stereocenters. The topological polar surface area (TPSA) is 107 Å². The molecule has 0 aliphatic heterocycles. The van der Waals surface area contributed by atoms with Crippen molar-refractivity contribution in [1.82, 2.24) is 0 Å². The van der Waals surface area contributed by atoms with Gasteiger partial charge in [-0.2, -0.15) is 0 Å². The Balaban J connectivity index is 2.44. The van der Waals surface area contributed by atoms with Gasteiger partial charge in [0.2, 0.25) is 0 Å². The molecule has 2 aromatic rings. The van der Waals surface area contributed by atoms with Crippen LogP contribution in [0, 0.1) is 17.0 Å². The van der Waals surface area contributed by atoms with Crippen molar-refractivity contribution in [3.8, 4) is 0 Å². The van der Waals surface area contributed by atoms with Gasteiger partial charge >= 0.3 is 0 Å². The van der Waals surface area contributed by atoms with Gasteiger partial charge in [0.1, 0.15) is 0 Å². The fourth-order valence-corrected chi connectivity index (χ4v) is 3.16. The number of sulfonamides is 1. The van der Waals surface area contributed by atoms with E-state index in [9.17, 15) is 18.5 Å². The Kier molecular flexibility index (Phi) is 4.05. The molecule has 0 fully saturated rings. The molecule has 8 heteroatoms. The van der Waals surface area contributed by atoms with Crippen molar-refractivity contribution in [2.24, 2.45) is 0 Å². The Bertz CT molecular complexity index is 816. The highest BCUT2D eigenvalue weighted by atomic mass is 32.2. The lowest BCUT2D eigenvalue weighted by Crippen LogP contribution is -2.27. The second kappa shape index (κ2) is 5.64. The third-order valence-electron chi connectivity index (χ3n) is 3.24. The summed E-state index contributed by atoms with van der Waals surface area (Å²) in [7, 11) is -2.43. The molecule has 0 aliphatic rings. The molecule has 0 aliphatic carbocycles. The fraction of sp³-hybridized carbons (Fsp3) is 0.143. The summed E-state index contributed by atoms with van der Waals surface area (Å²) in [5.41, 5.74) is 6.70. The van der Waals surface area contributed by atoms with E-state index in [1.165, 1.54) is 31.3 Å². The maximum atomic E-state index is 12.6. The summed E-state index contributed by atoms with van der Waals surface area (Å²) in [6, 6.07) is 10.1. The van der Waals surface area contributed by atoms with Crippen LogP contribution in [0.25, 0.3) is 0 Å². The summed E-state index contributed by atoms with van der Waals surface area (Å²) in [6.45, 7) is 1.86. The van der Waals surface area contributed by atoms with E-state index >= 15 is 0 Å². The molecule has 0 saturated carbocycles. The van der Waals surface area contributed by atoms with Crippen LogP contribution in [0.5, 0.6) is 0 Å². The molecule has 0 aromatic heterocycles. The van der Waals surface area contributed by atoms with Gasteiger partial charge in [-0.15, -0.1) is 0 Å². The zero-order valence-corrected chi connectivity index (χ0v) is 12.9. The van der Waals surface area contributed by atoms with Crippen LogP contribution in [0.2, 0.25) is 0 Å². The lowest BCUT2D eigenvalue weighted by molar-refractivity contribution is -0.384. The Morgan fingerprint density at radius 3 is 2.23 bits per heavy atom. The van der Waals surface area contributed by atoms with Gasteiger partial charge in [-0.05, 0) is 25.1 Å². The van der Waals surface area contributed by atoms with Gasteiger partial charge < -0.3 is 5.73 Å². The molecule has 22 heavy (non-hydrogen) atoms. The number of non-ortho nitro benzene ring substituents is 1. The molecule has 116 valence electrons. The third kappa shape index (κ3) is 2.86. The van der Waals surface area contributed by atoms with Crippen LogP contribution < -0.4 is 10.0 Å². The molecule has 0 atom stereocenters. The molecule has 2 aromatic carbocycles. The summed E-state index contributed by atoms with van der Waals surface area (Å²) in [5.74, 6) is 0. The van der Waals surface area contributed by atoms with E-state index in [4.69, 9.17) is 5.73 Å². The van der Waals surface area contributed by atoms with Gasteiger partial charge in [0.15, 0.2) is 0 Å². The average Bonchev–Trinajstić information content (AvgIpc) is 2.46. The number of hydrogen-bond donors (Lipinski definition) is 1. The first-order valence-corrected chi connectivity index (χ1v) is 7.77. The Morgan fingerprint density at radius 2 is 1.73 bits per heavy atom. The van der Waals surface area contributed by atoms with Crippen LogP contribution in [0.4, 0.5) is 17.1 Å². The second-order valence-electron chi connectivity index (χ2n) is 4.79. The van der Waals surface area contributed by atoms with E-state index in [0.29, 0.717) is 0 Å². The maximum Gasteiger partial charge on any atom is 0.271 e. The number of anilines is 2. The number of hydrogen-bond acceptors (Lipinski definition) is 5. The highest BCUT2D eigenvalue weighted by Crippen LogP contribution is 2.30. The van der Waals surface area contributed by atoms with Gasteiger partial charge in [0.05, 0.1) is 21.2 Å². The van der Waals surface area contributed by atoms with Crippen molar-refractivity contribution in [3.63, 3.8) is 0 Å². The highest BCUT2D eigenvalue weighted by Gasteiger charge is 2.23. The van der Waals surface area contributed by atoms with Gasteiger partial charge in [-0.1, -0.05) is 17.7 Å². The number of rotatable bonds is 4. The van der Waals surface area contributed by atoms with Gasteiger partial charge in [0.25, 0.3) is 15.7 Å². The fourth-order valence-electron chi connectivity index (χ4n) is 1.94. The number of benzene rings is 2. The summed E-state index contributed by atoms with van der Waals surface area (Å²) in [4.78, 5) is 10.2. The third-order valence-corrected chi connectivity index (χ3v) is 5.03. The van der Waals surface area contributed by atoms with Crippen LogP contribution in [-0.4, -0.2) is 20.4 Å². The lowest BCUT2D eigenvalue weighted by Gasteiger charge is -2.21. The van der Waals surface area contributed by atoms with Gasteiger partial charge in [0, 0.05) is 19.2 Å². The number of nitrogens with two attached hydrogens (primary N) is 1. The van der Waals surface area contributed by atoms with Crippen LogP contribution >= 0.6 is 0 Å². The Labute approximate surface area is 128 Å². The van der Waals surface area contributed by atoms with E-state index in [1.807, 2.05) is 6.92 Å². The van der Waals surface area contributed by atoms with Crippen LogP contribution in [-0.2, 0) is 10.0 Å². The number of nitrogen functional groups attached to an aromatic ring is 1. The van der Waals surface area contributed by atoms with E-state index in [0.717, 1.165) is 15.9 Å². The molecule has 0 radical (unpaired) electrons. The van der Waals surface area contributed by atoms with Crippen molar-refractivity contribution < 1.29 is 13.3 Å². The predicted octanol–water partition coefficient (Wildman–Crippen LogP) is 2.31. The SMILES string of the molecule is Cc1ccc(S(=O)(=O)N(C)c2ccc([N+](=O)[O-])cc2N)cc1. The first-order chi connectivity index (χ1) is 10.2. The monoisotopic (exact) mass is 321 g/mol. The number of nitro groups is 1. The average molecular weight is 321 g/mol. The summed E-state index contributed by atoms with van der Waals surface area (Å²) in [6.07, 6.45) is 0. The van der Waals surface area contributed by atoms with Crippen molar-refractivity contribution in [2.75, 3.05) is 17.1 Å². The number of nitro benzene ring substituents is 1. The number of nitrogens with zero attached hydrogens (tertiary/aromatic N) is 2. The second-order valence-corrected chi connectivity index (χ2v) is 6.76. The summed E-state index contributed by atoms with van der Waals surface area (Å²) >= 11 is 0. The zero-order chi connectivity index (χ0) is 16.5. The molecule has 0 spiro atoms. The van der Waals surface area contributed by atoms with E-state index in [2.05, 4.69) is 0 Å². The van der Waals surface area contributed by atoms with E-state index in [1.54, 1.807) is 12.1 Å². The molecular formula is C14H15N3O4S. The van der Waals surface area contributed by atoms with Gasteiger partial charge in [-0.25, -0.2) is 8.42 Å². The van der Waals surface area contributed by atoms with Crippen molar-refractivity contribution in [2.45, 2.75) is 11.8 Å². The minimum Gasteiger partial charge on any atom is -0.397 e. The summed E-state index contributed by atoms with van der Waals surface area (Å²) < 4.78 is 26.1. The minimum atomic E-state index is -3.78. The molecule has 0 heterocycles. The molecule has 0 bridgehead atoms. The van der Waals surface area contributed by atoms with Gasteiger partial charge in [-0.3, -0.25) is 14.4 Å².